The standard InChI is InChI=1S/C25H32F6N8O2/c1-5-6-7-17(33-15-24(26,27)28)19-35-20(34-16-8-9-32-18(14-16)25(29,30)31)37-21(36-19)38-10-12-39(13-11-38)22(40)41-23(2,3)4/h6-9,14,22,40H,5,10-13,15H2,1-4H3,(H,32,34,35,36,37)/b7-6-,33-17+. The number of anilines is 3. The van der Waals surface area contributed by atoms with Gasteiger partial charge in [0.15, 0.2) is 5.82 Å². The van der Waals surface area contributed by atoms with Crippen molar-refractivity contribution in [2.75, 3.05) is 42.9 Å². The summed E-state index contributed by atoms with van der Waals surface area (Å²) in [5.74, 6) is -0.333. The summed E-state index contributed by atoms with van der Waals surface area (Å²) in [6.07, 6.45) is -6.06. The molecule has 3 rings (SSSR count). The van der Waals surface area contributed by atoms with Gasteiger partial charge in [0.05, 0.1) is 5.60 Å². The number of ether oxygens (including phenoxy) is 1. The van der Waals surface area contributed by atoms with Crippen molar-refractivity contribution in [2.45, 2.75) is 58.5 Å². The van der Waals surface area contributed by atoms with Gasteiger partial charge in [-0.25, -0.2) is 0 Å². The molecule has 1 saturated heterocycles. The molecule has 2 aromatic rings. The zero-order valence-corrected chi connectivity index (χ0v) is 23.0. The summed E-state index contributed by atoms with van der Waals surface area (Å²) in [5.41, 5.74) is -1.95. The molecule has 0 aromatic carbocycles. The van der Waals surface area contributed by atoms with Gasteiger partial charge in [-0.3, -0.25) is 14.9 Å². The predicted molar refractivity (Wildman–Crippen MR) is 140 cm³/mol. The summed E-state index contributed by atoms with van der Waals surface area (Å²) in [6.45, 7) is 7.00. The summed E-state index contributed by atoms with van der Waals surface area (Å²) in [6, 6.07) is 2.03. The molecule has 0 spiro atoms. The number of hydrogen-bond acceptors (Lipinski definition) is 10. The lowest BCUT2D eigenvalue weighted by molar-refractivity contribution is -0.239. The van der Waals surface area contributed by atoms with Crippen LogP contribution >= 0.6 is 0 Å². The summed E-state index contributed by atoms with van der Waals surface area (Å²) < 4.78 is 84.1. The van der Waals surface area contributed by atoms with E-state index in [9.17, 15) is 31.4 Å². The number of rotatable bonds is 9. The number of allylic oxidation sites excluding steroid dienone is 2. The molecule has 1 aliphatic heterocycles. The first-order valence-corrected chi connectivity index (χ1v) is 12.7. The van der Waals surface area contributed by atoms with E-state index < -0.39 is 36.6 Å². The van der Waals surface area contributed by atoms with Gasteiger partial charge in [0.25, 0.3) is 0 Å². The van der Waals surface area contributed by atoms with Gasteiger partial charge in [0.2, 0.25) is 18.3 Å². The minimum Gasteiger partial charge on any atom is -0.356 e. The highest BCUT2D eigenvalue weighted by molar-refractivity contribution is 6.06. The van der Waals surface area contributed by atoms with E-state index in [2.05, 4.69) is 30.2 Å². The summed E-state index contributed by atoms with van der Waals surface area (Å²) in [7, 11) is 0. The summed E-state index contributed by atoms with van der Waals surface area (Å²) >= 11 is 0. The molecule has 0 saturated carbocycles. The van der Waals surface area contributed by atoms with E-state index in [1.54, 1.807) is 43.6 Å². The number of pyridine rings is 1. The number of nitrogens with zero attached hydrogens (tertiary/aromatic N) is 7. The smallest absolute Gasteiger partial charge is 0.356 e. The Bertz CT molecular complexity index is 1220. The molecule has 2 N–H and O–H groups in total. The van der Waals surface area contributed by atoms with E-state index in [1.807, 2.05) is 0 Å². The number of halogens is 6. The Hall–Kier alpha value is -3.37. The van der Waals surface area contributed by atoms with Crippen LogP contribution < -0.4 is 10.2 Å². The fourth-order valence-electron chi connectivity index (χ4n) is 3.60. The van der Waals surface area contributed by atoms with Crippen molar-refractivity contribution in [1.82, 2.24) is 24.8 Å². The zero-order chi connectivity index (χ0) is 30.4. The van der Waals surface area contributed by atoms with Gasteiger partial charge in [0.1, 0.15) is 18.0 Å². The third-order valence-corrected chi connectivity index (χ3v) is 5.47. The van der Waals surface area contributed by atoms with Gasteiger partial charge in [-0.05, 0) is 45.4 Å². The molecule has 3 heterocycles. The highest BCUT2D eigenvalue weighted by atomic mass is 19.4. The fraction of sp³-hybridized carbons (Fsp3) is 0.560. The maximum absolute atomic E-state index is 13.2. The first kappa shape index (κ1) is 32.1. The normalized spacial score (nSPS) is 16.9. The van der Waals surface area contributed by atoms with E-state index in [-0.39, 0.29) is 29.1 Å². The summed E-state index contributed by atoms with van der Waals surface area (Å²) in [5, 5.41) is 13.1. The Morgan fingerprint density at radius 1 is 1.10 bits per heavy atom. The van der Waals surface area contributed by atoms with E-state index >= 15 is 0 Å². The van der Waals surface area contributed by atoms with Gasteiger partial charge in [-0.1, -0.05) is 13.0 Å². The lowest BCUT2D eigenvalue weighted by Crippen LogP contribution is -2.53. The number of aliphatic imine (C=N–C) groups is 1. The quantitative estimate of drug-likeness (QED) is 0.247. The van der Waals surface area contributed by atoms with Crippen molar-refractivity contribution in [2.24, 2.45) is 4.99 Å². The van der Waals surface area contributed by atoms with Crippen LogP contribution in [0, 0.1) is 0 Å². The maximum Gasteiger partial charge on any atom is 0.433 e. The van der Waals surface area contributed by atoms with Crippen LogP contribution in [0.4, 0.5) is 43.9 Å². The second-order valence-corrected chi connectivity index (χ2v) is 10.0. The van der Waals surface area contributed by atoms with Crippen LogP contribution in [0.1, 0.15) is 45.6 Å². The van der Waals surface area contributed by atoms with Crippen molar-refractivity contribution in [1.29, 1.82) is 0 Å². The molecule has 1 atom stereocenters. The van der Waals surface area contributed by atoms with Crippen molar-refractivity contribution in [3.05, 3.63) is 42.0 Å². The fourth-order valence-corrected chi connectivity index (χ4v) is 3.60. The Morgan fingerprint density at radius 2 is 1.78 bits per heavy atom. The number of nitrogens with one attached hydrogen (secondary N) is 1. The van der Waals surface area contributed by atoms with Crippen LogP contribution in [0.2, 0.25) is 0 Å². The van der Waals surface area contributed by atoms with Gasteiger partial charge in [-0.2, -0.15) is 41.3 Å². The van der Waals surface area contributed by atoms with E-state index in [1.165, 1.54) is 12.1 Å². The minimum atomic E-state index is -4.70. The molecule has 16 heteroatoms. The van der Waals surface area contributed by atoms with E-state index in [0.29, 0.717) is 32.6 Å². The van der Waals surface area contributed by atoms with E-state index in [4.69, 9.17) is 4.74 Å². The van der Waals surface area contributed by atoms with Crippen LogP contribution in [-0.2, 0) is 10.9 Å². The van der Waals surface area contributed by atoms with E-state index in [0.717, 1.165) is 12.3 Å². The Labute approximate surface area is 233 Å². The Balaban J connectivity index is 1.97. The van der Waals surface area contributed by atoms with Crippen LogP contribution in [0.25, 0.3) is 0 Å². The molecule has 226 valence electrons. The molecule has 1 unspecified atom stereocenters. The first-order chi connectivity index (χ1) is 19.0. The SMILES string of the molecule is CC/C=C\C(=N/CC(F)(F)F)c1nc(Nc2ccnc(C(F)(F)F)c2)nc(N2CCN(C(O)OC(C)(C)C)CC2)n1. The van der Waals surface area contributed by atoms with Gasteiger partial charge >= 0.3 is 12.4 Å². The second kappa shape index (κ2) is 13.1. The monoisotopic (exact) mass is 590 g/mol. The van der Waals surface area contributed by atoms with Crippen LogP contribution in [-0.4, -0.2) is 86.6 Å². The number of hydrogen-bond donors (Lipinski definition) is 2. The zero-order valence-electron chi connectivity index (χ0n) is 23.0. The average Bonchev–Trinajstić information content (AvgIpc) is 2.87. The maximum atomic E-state index is 13.2. The number of alkyl halides is 6. The number of aliphatic hydroxyl groups excluding tert-OH is 1. The number of piperazine rings is 1. The highest BCUT2D eigenvalue weighted by Crippen LogP contribution is 2.29. The lowest BCUT2D eigenvalue weighted by Gasteiger charge is -2.38. The minimum absolute atomic E-state index is 0.0411. The highest BCUT2D eigenvalue weighted by Gasteiger charge is 2.33. The van der Waals surface area contributed by atoms with Crippen LogP contribution in [0.3, 0.4) is 0 Å². The molecule has 0 bridgehead atoms. The second-order valence-electron chi connectivity index (χ2n) is 10.0. The van der Waals surface area contributed by atoms with Gasteiger partial charge < -0.3 is 20.1 Å². The van der Waals surface area contributed by atoms with Crippen molar-refractivity contribution < 1.29 is 36.2 Å². The molecule has 1 aliphatic rings. The largest absolute Gasteiger partial charge is 0.433 e. The number of aliphatic hydroxyl groups is 1. The lowest BCUT2D eigenvalue weighted by atomic mass is 10.2. The topological polar surface area (TPSA) is 112 Å². The van der Waals surface area contributed by atoms with Gasteiger partial charge in [-0.15, -0.1) is 0 Å². The van der Waals surface area contributed by atoms with Gasteiger partial charge in [0, 0.05) is 38.1 Å². The third-order valence-electron chi connectivity index (χ3n) is 5.47. The average molecular weight is 591 g/mol. The first-order valence-electron chi connectivity index (χ1n) is 12.7. The molecular weight excluding hydrogens is 558 g/mol. The van der Waals surface area contributed by atoms with Crippen LogP contribution in [0.5, 0.6) is 0 Å². The molecule has 2 aromatic heterocycles. The van der Waals surface area contributed by atoms with Crippen molar-refractivity contribution in [3.63, 3.8) is 0 Å². The number of aromatic nitrogens is 4. The predicted octanol–water partition coefficient (Wildman–Crippen LogP) is 4.56. The molecule has 1 fully saturated rings. The molecule has 0 amide bonds. The Kier molecular flexibility index (Phi) is 10.3. The molecule has 10 nitrogen and oxygen atoms in total. The molecular formula is C25H32F6N8O2. The molecule has 0 radical (unpaired) electrons. The Morgan fingerprint density at radius 3 is 2.37 bits per heavy atom. The molecule has 0 aliphatic carbocycles. The van der Waals surface area contributed by atoms with Crippen molar-refractivity contribution >= 4 is 23.3 Å². The van der Waals surface area contributed by atoms with Crippen LogP contribution in [0.15, 0.2) is 35.5 Å². The third kappa shape index (κ3) is 10.2. The summed E-state index contributed by atoms with van der Waals surface area (Å²) in [4.78, 5) is 23.2. The van der Waals surface area contributed by atoms with Crippen molar-refractivity contribution in [3.8, 4) is 0 Å². The molecule has 41 heavy (non-hydrogen) atoms.